The summed E-state index contributed by atoms with van der Waals surface area (Å²) in [6.07, 6.45) is 1.02. The molecule has 0 bridgehead atoms. The lowest BCUT2D eigenvalue weighted by atomic mass is 10.1. The van der Waals surface area contributed by atoms with E-state index in [1.54, 1.807) is 6.07 Å². The fourth-order valence-corrected chi connectivity index (χ4v) is 2.51. The highest BCUT2D eigenvalue weighted by Gasteiger charge is 2.02. The zero-order valence-electron chi connectivity index (χ0n) is 14.3. The number of aryl methyl sites for hydroxylation is 1. The summed E-state index contributed by atoms with van der Waals surface area (Å²) in [5.41, 5.74) is 4.33. The largest absolute Gasteiger partial charge is 0.357 e. The second kappa shape index (κ2) is 9.36. The highest BCUT2D eigenvalue weighted by molar-refractivity contribution is 5.79. The van der Waals surface area contributed by atoms with E-state index in [2.05, 4.69) is 52.9 Å². The Morgan fingerprint density at radius 1 is 1.04 bits per heavy atom. The summed E-state index contributed by atoms with van der Waals surface area (Å²) < 4.78 is 0. The molecule has 0 aromatic heterocycles. The van der Waals surface area contributed by atoms with Crippen LogP contribution >= 0.6 is 0 Å². The van der Waals surface area contributed by atoms with E-state index in [9.17, 15) is 0 Å². The number of hydrogen-bond acceptors (Lipinski definition) is 2. The van der Waals surface area contributed by atoms with Gasteiger partial charge < -0.3 is 10.6 Å². The molecule has 0 saturated carbocycles. The predicted octanol–water partition coefficient (Wildman–Crippen LogP) is 3.38. The van der Waals surface area contributed by atoms with Gasteiger partial charge in [0.15, 0.2) is 5.96 Å². The van der Waals surface area contributed by atoms with Crippen LogP contribution in [0.2, 0.25) is 0 Å². The smallest absolute Gasteiger partial charge is 0.191 e. The maximum absolute atomic E-state index is 8.97. The molecule has 4 nitrogen and oxygen atoms in total. The summed E-state index contributed by atoms with van der Waals surface area (Å²) in [4.78, 5) is 4.61. The van der Waals surface area contributed by atoms with Gasteiger partial charge in [0.25, 0.3) is 0 Å². The molecule has 4 heteroatoms. The lowest BCUT2D eigenvalue weighted by molar-refractivity contribution is 0.809. The van der Waals surface area contributed by atoms with E-state index in [1.807, 2.05) is 25.1 Å². The predicted molar refractivity (Wildman–Crippen MR) is 98.6 cm³/mol. The van der Waals surface area contributed by atoms with E-state index in [0.717, 1.165) is 31.0 Å². The number of nitriles is 1. The van der Waals surface area contributed by atoms with E-state index in [0.29, 0.717) is 12.1 Å². The molecule has 0 aliphatic carbocycles. The molecular formula is C20H24N4. The Balaban J connectivity index is 2.04. The maximum atomic E-state index is 8.97. The Morgan fingerprint density at radius 3 is 2.54 bits per heavy atom. The van der Waals surface area contributed by atoms with Gasteiger partial charge in [0.05, 0.1) is 18.2 Å². The van der Waals surface area contributed by atoms with Gasteiger partial charge in [-0.3, -0.25) is 0 Å². The first-order valence-corrected chi connectivity index (χ1v) is 8.34. The Hall–Kier alpha value is -2.80. The van der Waals surface area contributed by atoms with E-state index in [4.69, 9.17) is 5.26 Å². The minimum Gasteiger partial charge on any atom is -0.357 e. The molecule has 2 rings (SSSR count). The van der Waals surface area contributed by atoms with Gasteiger partial charge >= 0.3 is 0 Å². The Morgan fingerprint density at radius 2 is 1.83 bits per heavy atom. The second-order valence-electron chi connectivity index (χ2n) is 5.48. The fraction of sp³-hybridized carbons (Fsp3) is 0.300. The molecule has 124 valence electrons. The highest BCUT2D eigenvalue weighted by Crippen LogP contribution is 2.09. The number of nitrogens with one attached hydrogen (secondary N) is 2. The van der Waals surface area contributed by atoms with Crippen LogP contribution in [-0.2, 0) is 19.5 Å². The summed E-state index contributed by atoms with van der Waals surface area (Å²) in [5, 5.41) is 15.6. The van der Waals surface area contributed by atoms with Crippen molar-refractivity contribution in [1.29, 1.82) is 5.26 Å². The topological polar surface area (TPSA) is 60.2 Å². The van der Waals surface area contributed by atoms with Crippen molar-refractivity contribution in [1.82, 2.24) is 10.6 Å². The summed E-state index contributed by atoms with van der Waals surface area (Å²) in [6.45, 7) is 6.31. The molecule has 0 unspecified atom stereocenters. The molecule has 0 saturated heterocycles. The van der Waals surface area contributed by atoms with Crippen LogP contribution in [0.1, 0.15) is 36.1 Å². The highest BCUT2D eigenvalue weighted by atomic mass is 15.2. The van der Waals surface area contributed by atoms with Crippen LogP contribution in [0.4, 0.5) is 0 Å². The molecule has 0 radical (unpaired) electrons. The van der Waals surface area contributed by atoms with Gasteiger partial charge in [-0.15, -0.1) is 0 Å². The molecule has 2 aromatic carbocycles. The van der Waals surface area contributed by atoms with Crippen molar-refractivity contribution in [2.75, 3.05) is 6.54 Å². The van der Waals surface area contributed by atoms with Crippen LogP contribution < -0.4 is 10.6 Å². The third kappa shape index (κ3) is 5.13. The molecule has 0 aliphatic heterocycles. The van der Waals surface area contributed by atoms with Gasteiger partial charge in [0, 0.05) is 13.1 Å². The maximum Gasteiger partial charge on any atom is 0.191 e. The monoisotopic (exact) mass is 320 g/mol. The fourth-order valence-electron chi connectivity index (χ4n) is 2.51. The molecule has 2 N–H and O–H groups in total. The number of guanidine groups is 1. The lowest BCUT2D eigenvalue weighted by Gasteiger charge is -2.13. The molecule has 0 fully saturated rings. The average Bonchev–Trinajstić information content (AvgIpc) is 2.64. The number of nitrogens with zero attached hydrogens (tertiary/aromatic N) is 2. The Kier molecular flexibility index (Phi) is 6.85. The van der Waals surface area contributed by atoms with Crippen LogP contribution in [-0.4, -0.2) is 12.5 Å². The first kappa shape index (κ1) is 17.6. The van der Waals surface area contributed by atoms with Gasteiger partial charge in [-0.1, -0.05) is 43.3 Å². The SMILES string of the molecule is CCNC(=NCc1cccc(C#N)c1)NCc1ccccc1CC. The Labute approximate surface area is 144 Å². The molecule has 0 amide bonds. The minimum absolute atomic E-state index is 0.542. The van der Waals surface area contributed by atoms with Crippen LogP contribution in [0.15, 0.2) is 53.5 Å². The molecule has 24 heavy (non-hydrogen) atoms. The van der Waals surface area contributed by atoms with Crippen molar-refractivity contribution in [3.8, 4) is 6.07 Å². The van der Waals surface area contributed by atoms with Crippen LogP contribution in [0.3, 0.4) is 0 Å². The van der Waals surface area contributed by atoms with Gasteiger partial charge in [-0.2, -0.15) is 5.26 Å². The summed E-state index contributed by atoms with van der Waals surface area (Å²) >= 11 is 0. The van der Waals surface area contributed by atoms with Crippen LogP contribution in [0.25, 0.3) is 0 Å². The van der Waals surface area contributed by atoms with Gasteiger partial charge in [-0.05, 0) is 42.2 Å². The van der Waals surface area contributed by atoms with Crippen molar-refractivity contribution < 1.29 is 0 Å². The summed E-state index contributed by atoms with van der Waals surface area (Å²) in [5.74, 6) is 0.783. The average molecular weight is 320 g/mol. The lowest BCUT2D eigenvalue weighted by Crippen LogP contribution is -2.37. The van der Waals surface area contributed by atoms with Crippen molar-refractivity contribution in [2.45, 2.75) is 33.4 Å². The first-order chi connectivity index (χ1) is 11.8. The van der Waals surface area contributed by atoms with E-state index < -0.39 is 0 Å². The van der Waals surface area contributed by atoms with Crippen LogP contribution in [0, 0.1) is 11.3 Å². The van der Waals surface area contributed by atoms with Crippen molar-refractivity contribution in [2.24, 2.45) is 4.99 Å². The zero-order valence-corrected chi connectivity index (χ0v) is 14.3. The van der Waals surface area contributed by atoms with E-state index in [1.165, 1.54) is 11.1 Å². The number of rotatable bonds is 6. The van der Waals surface area contributed by atoms with Crippen molar-refractivity contribution in [3.63, 3.8) is 0 Å². The quantitative estimate of drug-likeness (QED) is 0.633. The Bertz CT molecular complexity index is 728. The minimum atomic E-state index is 0.542. The standard InChI is InChI=1S/C20H24N4/c1-3-18-10-5-6-11-19(18)15-24-20(22-4-2)23-14-17-9-7-8-16(12-17)13-21/h5-12H,3-4,14-15H2,1-2H3,(H2,22,23,24). The summed E-state index contributed by atoms with van der Waals surface area (Å²) in [6, 6.07) is 18.2. The number of benzene rings is 2. The van der Waals surface area contributed by atoms with E-state index in [-0.39, 0.29) is 0 Å². The molecule has 2 aromatic rings. The molecule has 0 atom stereocenters. The van der Waals surface area contributed by atoms with Crippen molar-refractivity contribution >= 4 is 5.96 Å². The number of aliphatic imine (C=N–C) groups is 1. The van der Waals surface area contributed by atoms with Crippen LogP contribution in [0.5, 0.6) is 0 Å². The normalized spacial score (nSPS) is 11.0. The number of hydrogen-bond donors (Lipinski definition) is 2. The van der Waals surface area contributed by atoms with Crippen molar-refractivity contribution in [3.05, 3.63) is 70.8 Å². The van der Waals surface area contributed by atoms with Gasteiger partial charge in [0.2, 0.25) is 0 Å². The third-order valence-corrected chi connectivity index (χ3v) is 3.77. The van der Waals surface area contributed by atoms with Gasteiger partial charge in [0.1, 0.15) is 0 Å². The second-order valence-corrected chi connectivity index (χ2v) is 5.48. The molecule has 0 spiro atoms. The third-order valence-electron chi connectivity index (χ3n) is 3.77. The molecular weight excluding hydrogens is 296 g/mol. The zero-order chi connectivity index (χ0) is 17.2. The molecule has 0 aliphatic rings. The van der Waals surface area contributed by atoms with E-state index >= 15 is 0 Å². The summed E-state index contributed by atoms with van der Waals surface area (Å²) in [7, 11) is 0. The first-order valence-electron chi connectivity index (χ1n) is 8.34. The van der Waals surface area contributed by atoms with Gasteiger partial charge in [-0.25, -0.2) is 4.99 Å². The molecule has 0 heterocycles.